The third kappa shape index (κ3) is 1.23. The third-order valence-corrected chi connectivity index (χ3v) is 4.01. The van der Waals surface area contributed by atoms with Gasteiger partial charge in [-0.25, -0.2) is 0 Å². The van der Waals surface area contributed by atoms with Crippen molar-refractivity contribution in [2.24, 2.45) is 5.92 Å². The lowest BCUT2D eigenvalue weighted by atomic mass is 9.95. The summed E-state index contributed by atoms with van der Waals surface area (Å²) in [5, 5.41) is 13.5. The average Bonchev–Trinajstić information content (AvgIpc) is 2.97. The molecule has 1 N–H and O–H groups in total. The Bertz CT molecular complexity index is 546. The molecule has 0 radical (unpaired) electrons. The fourth-order valence-electron chi connectivity index (χ4n) is 2.60. The summed E-state index contributed by atoms with van der Waals surface area (Å²) in [4.78, 5) is 22.2. The number of benzene rings is 1. The first-order valence-electron chi connectivity index (χ1n) is 5.26. The van der Waals surface area contributed by atoms with E-state index in [0.717, 1.165) is 5.56 Å². The summed E-state index contributed by atoms with van der Waals surface area (Å²) in [7, 11) is 0. The lowest BCUT2D eigenvalue weighted by molar-refractivity contribution is -0.384. The number of halogens is 1. The van der Waals surface area contributed by atoms with Crippen LogP contribution in [0.4, 0.5) is 11.4 Å². The number of hydrogen-bond acceptors (Lipinski definition) is 3. The van der Waals surface area contributed by atoms with Crippen LogP contribution < -0.4 is 5.32 Å². The highest BCUT2D eigenvalue weighted by atomic mass is 35.5. The SMILES string of the molecule is O=C1Nc2ccc([N+](=O)[O-])cc2[C@]12C[C@@H]2CCl. The van der Waals surface area contributed by atoms with Gasteiger partial charge in [0.05, 0.1) is 10.3 Å². The smallest absolute Gasteiger partial charge is 0.269 e. The Morgan fingerprint density at radius 2 is 2.35 bits per heavy atom. The number of carbonyl (C=O) groups is 1. The molecule has 1 fully saturated rings. The Morgan fingerprint density at radius 1 is 1.59 bits per heavy atom. The Labute approximate surface area is 102 Å². The fraction of sp³-hybridized carbons (Fsp3) is 0.364. The van der Waals surface area contributed by atoms with E-state index in [2.05, 4.69) is 5.32 Å². The molecule has 1 aromatic rings. The number of carbonyl (C=O) groups excluding carboxylic acids is 1. The van der Waals surface area contributed by atoms with Crippen molar-refractivity contribution >= 4 is 28.9 Å². The minimum Gasteiger partial charge on any atom is -0.325 e. The monoisotopic (exact) mass is 252 g/mol. The second kappa shape index (κ2) is 3.20. The van der Waals surface area contributed by atoms with Crippen LogP contribution in [0.1, 0.15) is 12.0 Å². The van der Waals surface area contributed by atoms with E-state index in [4.69, 9.17) is 11.6 Å². The maximum atomic E-state index is 11.9. The summed E-state index contributed by atoms with van der Waals surface area (Å²) in [5.41, 5.74) is 0.804. The molecule has 2 aliphatic rings. The molecule has 6 heteroatoms. The quantitative estimate of drug-likeness (QED) is 0.497. The van der Waals surface area contributed by atoms with Gasteiger partial charge in [0.1, 0.15) is 0 Å². The van der Waals surface area contributed by atoms with Crippen molar-refractivity contribution in [3.63, 3.8) is 0 Å². The van der Waals surface area contributed by atoms with Crippen molar-refractivity contribution in [2.75, 3.05) is 11.2 Å². The van der Waals surface area contributed by atoms with Gasteiger partial charge in [-0.2, -0.15) is 0 Å². The van der Waals surface area contributed by atoms with Crippen molar-refractivity contribution in [1.29, 1.82) is 0 Å². The van der Waals surface area contributed by atoms with Gasteiger partial charge in [0.2, 0.25) is 5.91 Å². The predicted octanol–water partition coefficient (Wildman–Crippen LogP) is 2.04. The van der Waals surface area contributed by atoms with Crippen molar-refractivity contribution in [2.45, 2.75) is 11.8 Å². The number of nitrogens with one attached hydrogen (secondary N) is 1. The normalized spacial score (nSPS) is 29.0. The highest BCUT2D eigenvalue weighted by Gasteiger charge is 2.64. The zero-order chi connectivity index (χ0) is 12.2. The van der Waals surface area contributed by atoms with Crippen LogP contribution in [0.3, 0.4) is 0 Å². The number of amides is 1. The summed E-state index contributed by atoms with van der Waals surface area (Å²) in [5.74, 6) is 0.404. The zero-order valence-corrected chi connectivity index (χ0v) is 9.53. The van der Waals surface area contributed by atoms with E-state index in [1.54, 1.807) is 6.07 Å². The van der Waals surface area contributed by atoms with Crippen molar-refractivity contribution in [1.82, 2.24) is 0 Å². The molecule has 5 nitrogen and oxygen atoms in total. The molecule has 1 aliphatic carbocycles. The molecule has 3 rings (SSSR count). The van der Waals surface area contributed by atoms with Crippen LogP contribution in [0.15, 0.2) is 18.2 Å². The summed E-state index contributed by atoms with van der Waals surface area (Å²) in [6.45, 7) is 0. The number of anilines is 1. The maximum absolute atomic E-state index is 11.9. The highest BCUT2D eigenvalue weighted by molar-refractivity contribution is 6.19. The first-order chi connectivity index (χ1) is 8.09. The molecular formula is C11H9ClN2O3. The van der Waals surface area contributed by atoms with Gasteiger partial charge >= 0.3 is 0 Å². The number of fused-ring (bicyclic) bond motifs is 2. The summed E-state index contributed by atoms with van der Waals surface area (Å²) in [6, 6.07) is 4.47. The van der Waals surface area contributed by atoms with E-state index >= 15 is 0 Å². The van der Waals surface area contributed by atoms with Crippen LogP contribution in [0.2, 0.25) is 0 Å². The number of alkyl halides is 1. The zero-order valence-electron chi connectivity index (χ0n) is 8.77. The molecule has 1 saturated carbocycles. The largest absolute Gasteiger partial charge is 0.325 e. The average molecular weight is 253 g/mol. The molecule has 1 aromatic carbocycles. The van der Waals surface area contributed by atoms with Gasteiger partial charge in [-0.15, -0.1) is 11.6 Å². The predicted molar refractivity (Wildman–Crippen MR) is 62.2 cm³/mol. The van der Waals surface area contributed by atoms with Crippen molar-refractivity contribution in [3.8, 4) is 0 Å². The summed E-state index contributed by atoms with van der Waals surface area (Å²) in [6.07, 6.45) is 0.677. The fourth-order valence-corrected chi connectivity index (χ4v) is 2.98. The third-order valence-electron chi connectivity index (χ3n) is 3.64. The molecule has 17 heavy (non-hydrogen) atoms. The number of nitro benzene ring substituents is 1. The topological polar surface area (TPSA) is 72.2 Å². The van der Waals surface area contributed by atoms with Crippen molar-refractivity contribution < 1.29 is 9.72 Å². The van der Waals surface area contributed by atoms with E-state index in [1.165, 1.54) is 12.1 Å². The van der Waals surface area contributed by atoms with Gasteiger partial charge in [0, 0.05) is 23.7 Å². The number of rotatable bonds is 2. The van der Waals surface area contributed by atoms with E-state index in [0.29, 0.717) is 18.0 Å². The molecule has 0 unspecified atom stereocenters. The molecule has 1 amide bonds. The van der Waals surface area contributed by atoms with E-state index in [9.17, 15) is 14.9 Å². The Balaban J connectivity index is 2.12. The minimum atomic E-state index is -0.608. The van der Waals surface area contributed by atoms with Crippen LogP contribution in [0.25, 0.3) is 0 Å². The molecular weight excluding hydrogens is 244 g/mol. The van der Waals surface area contributed by atoms with E-state index in [1.807, 2.05) is 0 Å². The molecule has 0 saturated heterocycles. The Morgan fingerprint density at radius 3 is 2.94 bits per heavy atom. The van der Waals surface area contributed by atoms with Crippen LogP contribution in [-0.4, -0.2) is 16.7 Å². The lowest BCUT2D eigenvalue weighted by Crippen LogP contribution is -2.21. The molecule has 2 atom stereocenters. The van der Waals surface area contributed by atoms with Gasteiger partial charge in [0.15, 0.2) is 0 Å². The first kappa shape index (κ1) is 10.5. The second-order valence-electron chi connectivity index (χ2n) is 4.47. The number of hydrogen-bond donors (Lipinski definition) is 1. The van der Waals surface area contributed by atoms with Gasteiger partial charge in [-0.3, -0.25) is 14.9 Å². The maximum Gasteiger partial charge on any atom is 0.269 e. The van der Waals surface area contributed by atoms with Gasteiger partial charge in [-0.1, -0.05) is 0 Å². The molecule has 1 heterocycles. The Kier molecular flexibility index (Phi) is 1.98. The molecule has 1 aliphatic heterocycles. The minimum absolute atomic E-state index is 0.0137. The van der Waals surface area contributed by atoms with Gasteiger partial charge in [-0.05, 0) is 24.0 Å². The van der Waals surface area contributed by atoms with E-state index < -0.39 is 10.3 Å². The summed E-state index contributed by atoms with van der Waals surface area (Å²) < 4.78 is 0. The summed E-state index contributed by atoms with van der Waals surface area (Å²) >= 11 is 5.79. The lowest BCUT2D eigenvalue weighted by Gasteiger charge is -2.06. The molecule has 0 aromatic heterocycles. The van der Waals surface area contributed by atoms with Crippen LogP contribution in [-0.2, 0) is 10.2 Å². The highest BCUT2D eigenvalue weighted by Crippen LogP contribution is 2.60. The van der Waals surface area contributed by atoms with Crippen LogP contribution >= 0.6 is 11.6 Å². The van der Waals surface area contributed by atoms with E-state index in [-0.39, 0.29) is 17.5 Å². The van der Waals surface area contributed by atoms with Gasteiger partial charge in [0.25, 0.3) is 5.69 Å². The Hall–Kier alpha value is -1.62. The first-order valence-corrected chi connectivity index (χ1v) is 5.79. The van der Waals surface area contributed by atoms with Crippen molar-refractivity contribution in [3.05, 3.63) is 33.9 Å². The van der Waals surface area contributed by atoms with Crippen LogP contribution in [0.5, 0.6) is 0 Å². The number of nitrogens with zero attached hydrogens (tertiary/aromatic N) is 1. The standard InChI is InChI=1S/C11H9ClN2O3/c12-5-6-4-11(6)8-3-7(14(16)17)1-2-9(8)13-10(11)15/h1-3,6H,4-5H2,(H,13,15)/t6-,11-/m1/s1. The van der Waals surface area contributed by atoms with Crippen LogP contribution in [0, 0.1) is 16.0 Å². The second-order valence-corrected chi connectivity index (χ2v) is 4.78. The molecule has 88 valence electrons. The molecule has 1 spiro atoms. The van der Waals surface area contributed by atoms with Gasteiger partial charge < -0.3 is 5.32 Å². The number of nitro groups is 1. The molecule has 0 bridgehead atoms. The number of non-ortho nitro benzene ring substituents is 1.